The molecule has 0 aromatic carbocycles. The smallest absolute Gasteiger partial charge is 0.228 e. The molecule has 0 spiro atoms. The van der Waals surface area contributed by atoms with Crippen molar-refractivity contribution in [2.45, 2.75) is 26.0 Å². The lowest BCUT2D eigenvalue weighted by atomic mass is 10.1. The minimum atomic E-state index is -3.67. The van der Waals surface area contributed by atoms with Gasteiger partial charge in [0, 0.05) is 5.92 Å². The lowest BCUT2D eigenvalue weighted by Crippen LogP contribution is -2.36. The Morgan fingerprint density at radius 2 is 1.93 bits per heavy atom. The maximum atomic E-state index is 11.2. The van der Waals surface area contributed by atoms with Gasteiger partial charge in [0.1, 0.15) is 5.78 Å². The molecule has 14 heavy (non-hydrogen) atoms. The molecule has 0 saturated carbocycles. The van der Waals surface area contributed by atoms with E-state index in [4.69, 9.17) is 5.26 Å². The third-order valence-electron chi connectivity index (χ3n) is 1.74. The largest absolute Gasteiger partial charge is 0.298 e. The fraction of sp³-hybridized carbons (Fsp3) is 0.750. The van der Waals surface area contributed by atoms with E-state index in [9.17, 15) is 13.2 Å². The second-order valence-electron chi connectivity index (χ2n) is 3.26. The number of hydrogen-bond acceptors (Lipinski definition) is 4. The molecule has 0 amide bonds. The molecule has 0 rings (SSSR count). The van der Waals surface area contributed by atoms with Gasteiger partial charge in [-0.05, 0) is 6.92 Å². The predicted molar refractivity (Wildman–Crippen MR) is 51.8 cm³/mol. The Bertz CT molecular complexity index is 340. The fourth-order valence-corrected chi connectivity index (χ4v) is 1.30. The topological polar surface area (TPSA) is 87.0 Å². The average molecular weight is 218 g/mol. The molecular formula is C8H14N2O3S. The number of hydrogen-bond donors (Lipinski definition) is 1. The van der Waals surface area contributed by atoms with Gasteiger partial charge in [-0.15, -0.1) is 0 Å². The van der Waals surface area contributed by atoms with Gasteiger partial charge in [-0.25, -0.2) is 13.1 Å². The first-order valence-electron chi connectivity index (χ1n) is 4.22. The van der Waals surface area contributed by atoms with Crippen molar-refractivity contribution in [3.8, 4) is 6.07 Å². The van der Waals surface area contributed by atoms with Crippen molar-refractivity contribution in [2.24, 2.45) is 5.92 Å². The second-order valence-corrected chi connectivity index (χ2v) is 5.34. The van der Waals surface area contributed by atoms with Crippen molar-refractivity contribution in [3.63, 3.8) is 0 Å². The van der Waals surface area contributed by atoms with Crippen LogP contribution < -0.4 is 4.72 Å². The zero-order valence-corrected chi connectivity index (χ0v) is 9.26. The van der Waals surface area contributed by atoms with Crippen LogP contribution in [-0.4, -0.2) is 26.0 Å². The number of sulfonamides is 1. The Hall–Kier alpha value is -0.930. The highest BCUT2D eigenvalue weighted by Crippen LogP contribution is 1.97. The van der Waals surface area contributed by atoms with Crippen molar-refractivity contribution < 1.29 is 13.2 Å². The number of nitriles is 1. The first kappa shape index (κ1) is 13.1. The van der Waals surface area contributed by atoms with E-state index in [0.29, 0.717) is 0 Å². The molecule has 80 valence electrons. The van der Waals surface area contributed by atoms with Gasteiger partial charge in [-0.1, -0.05) is 13.8 Å². The van der Waals surface area contributed by atoms with Crippen molar-refractivity contribution in [1.29, 1.82) is 5.26 Å². The molecule has 0 aromatic heterocycles. The first-order valence-corrected chi connectivity index (χ1v) is 5.76. The van der Waals surface area contributed by atoms with Crippen molar-refractivity contribution >= 4 is 15.8 Å². The molecule has 1 atom stereocenters. The predicted octanol–water partition coefficient (Wildman–Crippen LogP) is 0.0430. The minimum Gasteiger partial charge on any atom is -0.298 e. The number of carbonyl (C=O) groups is 1. The normalized spacial score (nSPS) is 13.6. The minimum absolute atomic E-state index is 0.196. The molecule has 0 bridgehead atoms. The van der Waals surface area contributed by atoms with E-state index in [-0.39, 0.29) is 18.2 Å². The van der Waals surface area contributed by atoms with E-state index in [1.54, 1.807) is 19.9 Å². The molecule has 1 unspecified atom stereocenters. The van der Waals surface area contributed by atoms with E-state index in [1.165, 1.54) is 6.92 Å². The van der Waals surface area contributed by atoms with Gasteiger partial charge >= 0.3 is 0 Å². The molecule has 0 aliphatic heterocycles. The highest BCUT2D eigenvalue weighted by Gasteiger charge is 2.21. The lowest BCUT2D eigenvalue weighted by molar-refractivity contribution is -0.120. The van der Waals surface area contributed by atoms with E-state index >= 15 is 0 Å². The van der Waals surface area contributed by atoms with E-state index in [2.05, 4.69) is 4.72 Å². The number of ketones is 1. The Kier molecular flexibility index (Phi) is 4.74. The van der Waals surface area contributed by atoms with Crippen molar-refractivity contribution in [3.05, 3.63) is 0 Å². The van der Waals surface area contributed by atoms with Gasteiger partial charge in [0.25, 0.3) is 0 Å². The molecule has 0 aliphatic rings. The Balaban J connectivity index is 4.29. The summed E-state index contributed by atoms with van der Waals surface area (Å²) in [5.74, 6) is -0.409. The number of carbonyl (C=O) groups excluding carboxylic acids is 1. The molecular weight excluding hydrogens is 204 g/mol. The van der Waals surface area contributed by atoms with Gasteiger partial charge < -0.3 is 0 Å². The van der Waals surface area contributed by atoms with Crippen molar-refractivity contribution in [1.82, 2.24) is 4.72 Å². The maximum Gasteiger partial charge on any atom is 0.228 e. The summed E-state index contributed by atoms with van der Waals surface area (Å²) in [6.07, 6.45) is 0. The Labute approximate surface area is 84.2 Å². The standard InChI is InChI=1S/C8H14N2O3S/c1-6(2)8(11)5-10-14(12,13)7(3)4-9/h6-7,10H,5H2,1-3H3. The summed E-state index contributed by atoms with van der Waals surface area (Å²) in [5.41, 5.74) is 0. The van der Waals surface area contributed by atoms with Crippen LogP contribution >= 0.6 is 0 Å². The average Bonchev–Trinajstić information content (AvgIpc) is 2.12. The number of rotatable bonds is 5. The summed E-state index contributed by atoms with van der Waals surface area (Å²) < 4.78 is 24.5. The van der Waals surface area contributed by atoms with Gasteiger partial charge in [0.15, 0.2) is 5.25 Å². The van der Waals surface area contributed by atoms with Crippen LogP contribution in [0.4, 0.5) is 0 Å². The zero-order chi connectivity index (χ0) is 11.4. The molecule has 0 heterocycles. The Morgan fingerprint density at radius 1 is 1.43 bits per heavy atom. The van der Waals surface area contributed by atoms with Gasteiger partial charge in [-0.3, -0.25) is 4.79 Å². The van der Waals surface area contributed by atoms with Crippen LogP contribution in [0.5, 0.6) is 0 Å². The number of Topliss-reactive ketones (excluding diaryl/α,β-unsaturated/α-hetero) is 1. The van der Waals surface area contributed by atoms with Crippen LogP contribution in [0.25, 0.3) is 0 Å². The molecule has 0 fully saturated rings. The van der Waals surface area contributed by atoms with Crippen molar-refractivity contribution in [2.75, 3.05) is 6.54 Å². The van der Waals surface area contributed by atoms with E-state index < -0.39 is 15.3 Å². The van der Waals surface area contributed by atoms with Gasteiger partial charge in [0.2, 0.25) is 10.0 Å². The first-order chi connectivity index (χ1) is 6.31. The van der Waals surface area contributed by atoms with Crippen LogP contribution in [0.3, 0.4) is 0 Å². The fourth-order valence-electron chi connectivity index (χ4n) is 0.570. The maximum absolute atomic E-state index is 11.2. The van der Waals surface area contributed by atoms with Crippen LogP contribution in [-0.2, 0) is 14.8 Å². The van der Waals surface area contributed by atoms with E-state index in [1.807, 2.05) is 0 Å². The Morgan fingerprint density at radius 3 is 2.29 bits per heavy atom. The summed E-state index contributed by atoms with van der Waals surface area (Å²) in [6.45, 7) is 4.39. The summed E-state index contributed by atoms with van der Waals surface area (Å²) in [5, 5.41) is 7.25. The van der Waals surface area contributed by atoms with Crippen LogP contribution in [0.1, 0.15) is 20.8 Å². The van der Waals surface area contributed by atoms with E-state index in [0.717, 1.165) is 0 Å². The summed E-state index contributed by atoms with van der Waals surface area (Å²) in [6, 6.07) is 1.60. The monoisotopic (exact) mass is 218 g/mol. The molecule has 0 saturated heterocycles. The molecule has 0 aliphatic carbocycles. The third kappa shape index (κ3) is 3.85. The number of nitrogens with one attached hydrogen (secondary N) is 1. The van der Waals surface area contributed by atoms with Crippen LogP contribution in [0.2, 0.25) is 0 Å². The summed E-state index contributed by atoms with van der Waals surface area (Å²) in [4.78, 5) is 11.1. The van der Waals surface area contributed by atoms with Crippen LogP contribution in [0, 0.1) is 17.2 Å². The molecule has 1 N–H and O–H groups in total. The lowest BCUT2D eigenvalue weighted by Gasteiger charge is -2.08. The summed E-state index contributed by atoms with van der Waals surface area (Å²) >= 11 is 0. The molecule has 0 aromatic rings. The second kappa shape index (κ2) is 5.08. The highest BCUT2D eigenvalue weighted by atomic mass is 32.2. The molecule has 6 heteroatoms. The highest BCUT2D eigenvalue weighted by molar-refractivity contribution is 7.90. The quantitative estimate of drug-likeness (QED) is 0.706. The number of nitrogens with zero attached hydrogens (tertiary/aromatic N) is 1. The molecule has 0 radical (unpaired) electrons. The molecule has 5 nitrogen and oxygen atoms in total. The third-order valence-corrected chi connectivity index (χ3v) is 3.32. The summed E-state index contributed by atoms with van der Waals surface area (Å²) in [7, 11) is -3.67. The van der Waals surface area contributed by atoms with Gasteiger partial charge in [-0.2, -0.15) is 5.26 Å². The van der Waals surface area contributed by atoms with Gasteiger partial charge in [0.05, 0.1) is 12.6 Å². The van der Waals surface area contributed by atoms with Crippen LogP contribution in [0.15, 0.2) is 0 Å². The SMILES string of the molecule is CC(C)C(=O)CNS(=O)(=O)C(C)C#N. The zero-order valence-electron chi connectivity index (χ0n) is 8.44.